The van der Waals surface area contributed by atoms with E-state index in [9.17, 15) is 13.2 Å². The molecule has 0 aromatic carbocycles. The zero-order chi connectivity index (χ0) is 13.0. The summed E-state index contributed by atoms with van der Waals surface area (Å²) in [5.41, 5.74) is 3.79. The Balaban J connectivity index is 1.84. The monoisotopic (exact) mass is 258 g/mol. The highest BCUT2D eigenvalue weighted by Crippen LogP contribution is 2.51. The third-order valence-corrected chi connectivity index (χ3v) is 3.37. The lowest BCUT2D eigenvalue weighted by atomic mass is 10.2. The minimum Gasteiger partial charge on any atom is -0.384 e. The first kappa shape index (κ1) is 11.6. The van der Waals surface area contributed by atoms with Crippen molar-refractivity contribution < 1.29 is 13.2 Å². The molecule has 4 nitrogen and oxygen atoms in total. The van der Waals surface area contributed by atoms with E-state index in [1.165, 1.54) is 6.07 Å². The van der Waals surface area contributed by atoms with Crippen molar-refractivity contribution in [2.75, 3.05) is 11.1 Å². The van der Waals surface area contributed by atoms with Gasteiger partial charge in [0.1, 0.15) is 23.0 Å². The Morgan fingerprint density at radius 1 is 1.28 bits per heavy atom. The van der Waals surface area contributed by atoms with Crippen LogP contribution in [0.2, 0.25) is 0 Å². The number of hydrogen-bond donors (Lipinski definition) is 2. The van der Waals surface area contributed by atoms with E-state index >= 15 is 0 Å². The number of nitrogens with two attached hydrogens (primary N) is 1. The molecular weight excluding hydrogens is 245 g/mol. The normalized spacial score (nSPS) is 21.7. The molecule has 1 heterocycles. The SMILES string of the molecule is Nc1cc(NC2(C(F)(F)F)CC2)nc(C2CC2)n1. The third kappa shape index (κ3) is 1.97. The fourth-order valence-electron chi connectivity index (χ4n) is 1.92. The van der Waals surface area contributed by atoms with Gasteiger partial charge in [0, 0.05) is 12.0 Å². The van der Waals surface area contributed by atoms with Crippen molar-refractivity contribution in [1.29, 1.82) is 0 Å². The second-order valence-corrected chi connectivity index (χ2v) is 5.02. The van der Waals surface area contributed by atoms with E-state index in [1.54, 1.807) is 0 Å². The van der Waals surface area contributed by atoms with Crippen LogP contribution < -0.4 is 11.1 Å². The number of anilines is 2. The maximum atomic E-state index is 12.8. The van der Waals surface area contributed by atoms with E-state index in [1.807, 2.05) is 0 Å². The molecule has 18 heavy (non-hydrogen) atoms. The van der Waals surface area contributed by atoms with Crippen LogP contribution in [0, 0.1) is 0 Å². The van der Waals surface area contributed by atoms with Crippen LogP contribution in [0.4, 0.5) is 24.8 Å². The molecule has 3 rings (SSSR count). The first-order valence-electron chi connectivity index (χ1n) is 5.89. The molecule has 7 heteroatoms. The fraction of sp³-hybridized carbons (Fsp3) is 0.636. The van der Waals surface area contributed by atoms with Crippen LogP contribution in [0.1, 0.15) is 37.4 Å². The molecule has 0 spiro atoms. The molecule has 0 saturated heterocycles. The highest BCUT2D eigenvalue weighted by atomic mass is 19.4. The molecule has 0 unspecified atom stereocenters. The number of nitrogen functional groups attached to an aromatic ring is 1. The minimum atomic E-state index is -4.26. The maximum Gasteiger partial charge on any atom is 0.411 e. The van der Waals surface area contributed by atoms with Gasteiger partial charge in [0.05, 0.1) is 0 Å². The molecule has 0 atom stereocenters. The van der Waals surface area contributed by atoms with E-state index in [2.05, 4.69) is 15.3 Å². The largest absolute Gasteiger partial charge is 0.411 e. The number of rotatable bonds is 3. The van der Waals surface area contributed by atoms with Crippen molar-refractivity contribution in [2.24, 2.45) is 0 Å². The lowest BCUT2D eigenvalue weighted by molar-refractivity contribution is -0.151. The van der Waals surface area contributed by atoms with Crippen molar-refractivity contribution in [3.05, 3.63) is 11.9 Å². The van der Waals surface area contributed by atoms with Crippen LogP contribution in [0.5, 0.6) is 0 Å². The molecule has 0 aliphatic heterocycles. The van der Waals surface area contributed by atoms with E-state index in [-0.39, 0.29) is 30.4 Å². The van der Waals surface area contributed by atoms with Crippen LogP contribution in [0.15, 0.2) is 6.07 Å². The fourth-order valence-corrected chi connectivity index (χ4v) is 1.92. The molecule has 1 aromatic heterocycles. The smallest absolute Gasteiger partial charge is 0.384 e. The topological polar surface area (TPSA) is 63.8 Å². The summed E-state index contributed by atoms with van der Waals surface area (Å²) < 4.78 is 38.4. The summed E-state index contributed by atoms with van der Waals surface area (Å²) in [5.74, 6) is 1.21. The van der Waals surface area contributed by atoms with Crippen LogP contribution in [-0.4, -0.2) is 21.7 Å². The van der Waals surface area contributed by atoms with Gasteiger partial charge in [-0.1, -0.05) is 0 Å². The Morgan fingerprint density at radius 3 is 2.44 bits per heavy atom. The Morgan fingerprint density at radius 2 is 1.94 bits per heavy atom. The summed E-state index contributed by atoms with van der Waals surface area (Å²) in [4.78, 5) is 8.19. The van der Waals surface area contributed by atoms with Gasteiger partial charge in [0.2, 0.25) is 0 Å². The van der Waals surface area contributed by atoms with Crippen LogP contribution in [-0.2, 0) is 0 Å². The number of nitrogens with one attached hydrogen (secondary N) is 1. The van der Waals surface area contributed by atoms with Gasteiger partial charge in [-0.05, 0) is 25.7 Å². The predicted octanol–water partition coefficient (Wildman–Crippen LogP) is 2.44. The first-order chi connectivity index (χ1) is 8.40. The Hall–Kier alpha value is -1.53. The number of halogens is 3. The van der Waals surface area contributed by atoms with Gasteiger partial charge >= 0.3 is 6.18 Å². The van der Waals surface area contributed by atoms with Crippen molar-refractivity contribution in [3.63, 3.8) is 0 Å². The second kappa shape index (κ2) is 3.49. The van der Waals surface area contributed by atoms with Crippen molar-refractivity contribution in [1.82, 2.24) is 9.97 Å². The molecule has 2 aliphatic rings. The molecule has 0 radical (unpaired) electrons. The molecule has 98 valence electrons. The number of alkyl halides is 3. The quantitative estimate of drug-likeness (QED) is 0.874. The van der Waals surface area contributed by atoms with Crippen molar-refractivity contribution >= 4 is 11.6 Å². The van der Waals surface area contributed by atoms with Crippen LogP contribution in [0.25, 0.3) is 0 Å². The van der Waals surface area contributed by atoms with Gasteiger partial charge in [-0.15, -0.1) is 0 Å². The van der Waals surface area contributed by atoms with E-state index < -0.39 is 11.7 Å². The number of nitrogens with zero attached hydrogens (tertiary/aromatic N) is 2. The van der Waals surface area contributed by atoms with E-state index in [0.29, 0.717) is 5.82 Å². The summed E-state index contributed by atoms with van der Waals surface area (Å²) in [7, 11) is 0. The highest BCUT2D eigenvalue weighted by molar-refractivity contribution is 5.49. The first-order valence-corrected chi connectivity index (χ1v) is 5.89. The Labute approximate surface area is 102 Å². The predicted molar refractivity (Wildman–Crippen MR) is 60.1 cm³/mol. The number of hydrogen-bond acceptors (Lipinski definition) is 4. The molecule has 2 fully saturated rings. The van der Waals surface area contributed by atoms with Crippen LogP contribution in [0.3, 0.4) is 0 Å². The van der Waals surface area contributed by atoms with Gasteiger partial charge in [0.15, 0.2) is 0 Å². The van der Waals surface area contributed by atoms with E-state index in [4.69, 9.17) is 5.73 Å². The average molecular weight is 258 g/mol. The van der Waals surface area contributed by atoms with Gasteiger partial charge in [-0.2, -0.15) is 13.2 Å². The minimum absolute atomic E-state index is 0.0825. The summed E-state index contributed by atoms with van der Waals surface area (Å²) >= 11 is 0. The zero-order valence-electron chi connectivity index (χ0n) is 9.59. The summed E-state index contributed by atoms with van der Waals surface area (Å²) in [6, 6.07) is 1.36. The van der Waals surface area contributed by atoms with Gasteiger partial charge < -0.3 is 11.1 Å². The standard InChI is InChI=1S/C11H13F3N4/c12-11(13,14)10(3-4-10)18-8-5-7(15)16-9(17-8)6-1-2-6/h5-6H,1-4H2,(H3,15,16,17,18). The summed E-state index contributed by atoms with van der Waals surface area (Å²) in [6.45, 7) is 0. The zero-order valence-corrected chi connectivity index (χ0v) is 9.59. The van der Waals surface area contributed by atoms with E-state index in [0.717, 1.165) is 12.8 Å². The lowest BCUT2D eigenvalue weighted by Crippen LogP contribution is -2.39. The molecule has 2 saturated carbocycles. The van der Waals surface area contributed by atoms with Gasteiger partial charge in [0.25, 0.3) is 0 Å². The lowest BCUT2D eigenvalue weighted by Gasteiger charge is -2.21. The maximum absolute atomic E-state index is 12.8. The molecule has 0 bridgehead atoms. The van der Waals surface area contributed by atoms with Gasteiger partial charge in [-0.3, -0.25) is 0 Å². The van der Waals surface area contributed by atoms with Crippen molar-refractivity contribution in [2.45, 2.75) is 43.3 Å². The summed E-state index contributed by atoms with van der Waals surface area (Å²) in [6.07, 6.45) is -2.13. The molecule has 2 aliphatic carbocycles. The third-order valence-electron chi connectivity index (χ3n) is 3.37. The summed E-state index contributed by atoms with van der Waals surface area (Å²) in [5, 5.41) is 2.48. The van der Waals surface area contributed by atoms with Crippen LogP contribution >= 0.6 is 0 Å². The van der Waals surface area contributed by atoms with Gasteiger partial charge in [-0.25, -0.2) is 9.97 Å². The molecule has 3 N–H and O–H groups in total. The molecule has 1 aromatic rings. The van der Waals surface area contributed by atoms with Crippen molar-refractivity contribution in [3.8, 4) is 0 Å². The number of aromatic nitrogens is 2. The second-order valence-electron chi connectivity index (χ2n) is 5.02. The Kier molecular flexibility index (Phi) is 2.24. The molecular formula is C11H13F3N4. The molecule has 0 amide bonds. The average Bonchev–Trinajstić information content (AvgIpc) is 3.11. The highest BCUT2D eigenvalue weighted by Gasteiger charge is 2.63. The Bertz CT molecular complexity index is 478.